The summed E-state index contributed by atoms with van der Waals surface area (Å²) >= 11 is 0. The highest BCUT2D eigenvalue weighted by molar-refractivity contribution is 6.10. The van der Waals surface area contributed by atoms with E-state index in [0.717, 1.165) is 93.4 Å². The summed E-state index contributed by atoms with van der Waals surface area (Å²) in [5.41, 5.74) is 11.4. The molecule has 0 saturated carbocycles. The lowest BCUT2D eigenvalue weighted by atomic mass is 9.97. The fourth-order valence-corrected chi connectivity index (χ4v) is 8.55. The lowest BCUT2D eigenvalue weighted by Crippen LogP contribution is -2.10. The van der Waals surface area contributed by atoms with Gasteiger partial charge in [-0.15, -0.1) is 0 Å². The fourth-order valence-electron chi connectivity index (χ4n) is 8.55. The smallest absolute Gasteiger partial charge is 0.240 e. The van der Waals surface area contributed by atoms with E-state index in [2.05, 4.69) is 185 Å². The van der Waals surface area contributed by atoms with E-state index in [-0.39, 0.29) is 0 Å². The molecule has 8 aromatic carbocycles. The molecule has 12 rings (SSSR count). The molecule has 0 aliphatic rings. The monoisotopic (exact) mass is 729 g/mol. The first-order valence-corrected chi connectivity index (χ1v) is 19.1. The van der Waals surface area contributed by atoms with Gasteiger partial charge in [-0.25, -0.2) is 0 Å². The van der Waals surface area contributed by atoms with Crippen molar-refractivity contribution < 1.29 is 4.42 Å². The van der Waals surface area contributed by atoms with Crippen molar-refractivity contribution in [3.05, 3.63) is 188 Å². The Balaban J connectivity index is 1.01. The highest BCUT2D eigenvalue weighted by atomic mass is 16.3. The van der Waals surface area contributed by atoms with Gasteiger partial charge in [-0.3, -0.25) is 9.13 Å². The van der Waals surface area contributed by atoms with E-state index >= 15 is 0 Å². The number of rotatable bonds is 5. The van der Waals surface area contributed by atoms with Crippen LogP contribution in [0.25, 0.3) is 111 Å². The number of para-hydroxylation sites is 5. The van der Waals surface area contributed by atoms with E-state index in [1.807, 2.05) is 12.1 Å². The Bertz CT molecular complexity index is 3300. The maximum atomic E-state index is 6.10. The van der Waals surface area contributed by atoms with Gasteiger partial charge in [-0.1, -0.05) is 140 Å². The van der Waals surface area contributed by atoms with Crippen LogP contribution in [0, 0.1) is 0 Å². The number of fused-ring (bicyclic) bond motifs is 9. The van der Waals surface area contributed by atoms with Crippen molar-refractivity contribution in [2.24, 2.45) is 0 Å². The minimum atomic E-state index is 0.563. The van der Waals surface area contributed by atoms with Crippen LogP contribution in [0.1, 0.15) is 0 Å². The summed E-state index contributed by atoms with van der Waals surface area (Å²) in [7, 11) is 0. The Morgan fingerprint density at radius 3 is 1.28 bits per heavy atom. The zero-order chi connectivity index (χ0) is 37.5. The van der Waals surface area contributed by atoms with Crippen LogP contribution in [0.2, 0.25) is 0 Å². The van der Waals surface area contributed by atoms with Crippen molar-refractivity contribution in [3.63, 3.8) is 0 Å². The summed E-state index contributed by atoms with van der Waals surface area (Å²) in [6.45, 7) is 0. The Morgan fingerprint density at radius 1 is 0.298 bits per heavy atom. The van der Waals surface area contributed by atoms with Gasteiger partial charge in [0.05, 0.1) is 22.1 Å². The number of hydrogen-bond donors (Lipinski definition) is 0. The lowest BCUT2D eigenvalue weighted by molar-refractivity contribution is 0.669. The van der Waals surface area contributed by atoms with Gasteiger partial charge in [0.2, 0.25) is 11.9 Å². The van der Waals surface area contributed by atoms with Crippen LogP contribution in [-0.4, -0.2) is 24.1 Å². The number of hydrogen-bond acceptors (Lipinski definition) is 4. The van der Waals surface area contributed by atoms with Gasteiger partial charge in [0, 0.05) is 37.9 Å². The molecular weight excluding hydrogens is 699 g/mol. The molecule has 4 heterocycles. The molecule has 6 nitrogen and oxygen atoms in total. The van der Waals surface area contributed by atoms with Crippen LogP contribution in [0.15, 0.2) is 192 Å². The molecule has 266 valence electrons. The first-order chi connectivity index (χ1) is 28.2. The number of aromatic nitrogens is 5. The van der Waals surface area contributed by atoms with Crippen molar-refractivity contribution in [1.29, 1.82) is 0 Å². The molecule has 4 aromatic heterocycles. The van der Waals surface area contributed by atoms with E-state index in [1.54, 1.807) is 0 Å². The van der Waals surface area contributed by atoms with Crippen LogP contribution < -0.4 is 0 Å². The summed E-state index contributed by atoms with van der Waals surface area (Å²) in [4.78, 5) is 15.7. The highest BCUT2D eigenvalue weighted by Crippen LogP contribution is 2.36. The Morgan fingerprint density at radius 2 is 0.719 bits per heavy atom. The minimum Gasteiger partial charge on any atom is -0.456 e. The van der Waals surface area contributed by atoms with Gasteiger partial charge in [-0.2, -0.15) is 15.0 Å². The van der Waals surface area contributed by atoms with Crippen LogP contribution in [-0.2, 0) is 0 Å². The topological polar surface area (TPSA) is 61.7 Å². The second-order valence-corrected chi connectivity index (χ2v) is 14.5. The van der Waals surface area contributed by atoms with Crippen molar-refractivity contribution in [2.75, 3.05) is 0 Å². The zero-order valence-electron chi connectivity index (χ0n) is 30.5. The van der Waals surface area contributed by atoms with E-state index < -0.39 is 0 Å². The molecule has 0 aliphatic carbocycles. The number of benzene rings is 8. The molecule has 0 amide bonds. The zero-order valence-corrected chi connectivity index (χ0v) is 30.5. The fraction of sp³-hybridized carbons (Fsp3) is 0. The maximum absolute atomic E-state index is 6.10. The summed E-state index contributed by atoms with van der Waals surface area (Å²) in [5.74, 6) is 1.72. The third kappa shape index (κ3) is 4.94. The molecule has 0 aliphatic heterocycles. The predicted octanol–water partition coefficient (Wildman–Crippen LogP) is 13.0. The van der Waals surface area contributed by atoms with Gasteiger partial charge in [0.25, 0.3) is 0 Å². The highest BCUT2D eigenvalue weighted by Gasteiger charge is 2.20. The molecule has 6 heteroatoms. The van der Waals surface area contributed by atoms with Gasteiger partial charge in [0.15, 0.2) is 5.82 Å². The van der Waals surface area contributed by atoms with Crippen molar-refractivity contribution in [1.82, 2.24) is 24.1 Å². The molecule has 0 atom stereocenters. The van der Waals surface area contributed by atoms with Gasteiger partial charge >= 0.3 is 0 Å². The van der Waals surface area contributed by atoms with E-state index in [9.17, 15) is 0 Å². The van der Waals surface area contributed by atoms with Crippen LogP contribution >= 0.6 is 0 Å². The van der Waals surface area contributed by atoms with E-state index in [1.165, 1.54) is 0 Å². The molecule has 12 aromatic rings. The molecule has 0 radical (unpaired) electrons. The molecular formula is C51H31N5O. The molecule has 0 N–H and O–H groups in total. The van der Waals surface area contributed by atoms with Gasteiger partial charge in [0.1, 0.15) is 11.2 Å². The van der Waals surface area contributed by atoms with Crippen LogP contribution in [0.3, 0.4) is 0 Å². The van der Waals surface area contributed by atoms with Crippen molar-refractivity contribution in [3.8, 4) is 45.5 Å². The van der Waals surface area contributed by atoms with Gasteiger partial charge < -0.3 is 4.42 Å². The second kappa shape index (κ2) is 12.3. The summed E-state index contributed by atoms with van der Waals surface area (Å²) in [6.07, 6.45) is 0. The maximum Gasteiger partial charge on any atom is 0.240 e. The first kappa shape index (κ1) is 31.5. The average Bonchev–Trinajstić information content (AvgIpc) is 3.94. The number of nitrogens with zero attached hydrogens (tertiary/aromatic N) is 5. The first-order valence-electron chi connectivity index (χ1n) is 19.1. The normalized spacial score (nSPS) is 11.9. The van der Waals surface area contributed by atoms with Crippen LogP contribution in [0.4, 0.5) is 0 Å². The third-order valence-electron chi connectivity index (χ3n) is 11.2. The molecule has 0 fully saturated rings. The van der Waals surface area contributed by atoms with Gasteiger partial charge in [-0.05, 0) is 70.8 Å². The largest absolute Gasteiger partial charge is 0.456 e. The summed E-state index contributed by atoms with van der Waals surface area (Å²) in [6, 6.07) is 65.7. The third-order valence-corrected chi connectivity index (χ3v) is 11.2. The quantitative estimate of drug-likeness (QED) is 0.177. The molecule has 0 unspecified atom stereocenters. The average molecular weight is 730 g/mol. The van der Waals surface area contributed by atoms with E-state index in [4.69, 9.17) is 19.4 Å². The predicted molar refractivity (Wildman–Crippen MR) is 232 cm³/mol. The van der Waals surface area contributed by atoms with E-state index in [0.29, 0.717) is 17.7 Å². The molecule has 57 heavy (non-hydrogen) atoms. The number of furan rings is 1. The minimum absolute atomic E-state index is 0.563. The van der Waals surface area contributed by atoms with Crippen LogP contribution in [0.5, 0.6) is 0 Å². The van der Waals surface area contributed by atoms with Crippen molar-refractivity contribution in [2.45, 2.75) is 0 Å². The Hall–Kier alpha value is -7.83. The molecule has 0 bridgehead atoms. The Kier molecular flexibility index (Phi) is 6.83. The summed E-state index contributed by atoms with van der Waals surface area (Å²) in [5, 5.41) is 6.85. The Labute approximate surface area is 326 Å². The lowest BCUT2D eigenvalue weighted by Gasteiger charge is -2.13. The van der Waals surface area contributed by atoms with Crippen molar-refractivity contribution >= 4 is 65.6 Å². The molecule has 0 spiro atoms. The standard InChI is InChI=1S/C51H31N5O/c1-6-19-43-37(14-1)38-15-2-7-20-44(38)55(43)50-52-49(53-51(54-50)56-45-21-8-3-16-39(45)40-17-4-9-22-46(40)56)33-26-24-32(25-27-33)34-12-11-13-35(30-34)36-28-29-48-42(31-36)41-18-5-10-23-47(41)57-48/h1-31H. The second-order valence-electron chi connectivity index (χ2n) is 14.5. The summed E-state index contributed by atoms with van der Waals surface area (Å²) < 4.78 is 10.4. The SMILES string of the molecule is c1cc(-c2ccc(-c3nc(-n4c5ccccc5c5ccccc54)nc(-n4c5ccccc5c5ccccc54)n3)cc2)cc(-c2ccc3oc4ccccc4c3c2)c1. The molecule has 0 saturated heterocycles.